The molecule has 136 valence electrons. The highest BCUT2D eigenvalue weighted by molar-refractivity contribution is 6.21. The molecule has 5 nitrogen and oxygen atoms in total. The molecule has 1 aliphatic heterocycles. The fourth-order valence-corrected chi connectivity index (χ4v) is 3.84. The fourth-order valence-electron chi connectivity index (χ4n) is 3.84. The van der Waals surface area contributed by atoms with Crippen molar-refractivity contribution in [3.63, 3.8) is 0 Å². The van der Waals surface area contributed by atoms with Gasteiger partial charge in [0.25, 0.3) is 11.8 Å². The highest BCUT2D eigenvalue weighted by Gasteiger charge is 2.34. The van der Waals surface area contributed by atoms with E-state index < -0.39 is 0 Å². The van der Waals surface area contributed by atoms with Gasteiger partial charge in [0, 0.05) is 42.8 Å². The lowest BCUT2D eigenvalue weighted by Gasteiger charge is -2.14. The van der Waals surface area contributed by atoms with Crippen LogP contribution in [0.4, 0.5) is 0 Å². The van der Waals surface area contributed by atoms with Crippen LogP contribution in [0.2, 0.25) is 0 Å². The minimum absolute atomic E-state index is 0.192. The van der Waals surface area contributed by atoms with Gasteiger partial charge in [0.15, 0.2) is 0 Å². The van der Waals surface area contributed by atoms with E-state index >= 15 is 0 Å². The van der Waals surface area contributed by atoms with Crippen molar-refractivity contribution in [1.29, 1.82) is 0 Å². The van der Waals surface area contributed by atoms with Gasteiger partial charge in [0.1, 0.15) is 0 Å². The van der Waals surface area contributed by atoms with E-state index in [2.05, 4.69) is 34.3 Å². The molecule has 2 aromatic carbocycles. The molecule has 1 fully saturated rings. The molecule has 0 unspecified atom stereocenters. The molecule has 0 atom stereocenters. The first-order chi connectivity index (χ1) is 13.2. The number of amides is 2. The van der Waals surface area contributed by atoms with Crippen LogP contribution in [0.1, 0.15) is 39.1 Å². The van der Waals surface area contributed by atoms with E-state index in [9.17, 15) is 9.59 Å². The molecule has 1 N–H and O–H groups in total. The van der Waals surface area contributed by atoms with Crippen molar-refractivity contribution >= 4 is 22.7 Å². The number of hydrogen-bond acceptors (Lipinski definition) is 3. The Bertz CT molecular complexity index is 1010. The number of fused-ring (bicyclic) bond motifs is 2. The highest BCUT2D eigenvalue weighted by Crippen LogP contribution is 2.25. The largest absolute Gasteiger partial charge is 0.345 e. The zero-order valence-corrected chi connectivity index (χ0v) is 15.0. The van der Waals surface area contributed by atoms with Crippen LogP contribution in [-0.4, -0.2) is 33.9 Å². The molecule has 27 heavy (non-hydrogen) atoms. The number of aromatic nitrogens is 1. The van der Waals surface area contributed by atoms with Gasteiger partial charge in [0.05, 0.1) is 11.1 Å². The zero-order chi connectivity index (χ0) is 18.4. The average Bonchev–Trinajstić information content (AvgIpc) is 3.42. The van der Waals surface area contributed by atoms with E-state index in [0.29, 0.717) is 30.3 Å². The van der Waals surface area contributed by atoms with Crippen LogP contribution < -0.4 is 5.32 Å². The molecular weight excluding hydrogens is 338 g/mol. The Morgan fingerprint density at radius 2 is 1.56 bits per heavy atom. The maximum absolute atomic E-state index is 12.6. The summed E-state index contributed by atoms with van der Waals surface area (Å²) >= 11 is 0. The van der Waals surface area contributed by atoms with Gasteiger partial charge in [-0.1, -0.05) is 30.3 Å². The van der Waals surface area contributed by atoms with Crippen molar-refractivity contribution in [2.75, 3.05) is 6.54 Å². The molecule has 2 heterocycles. The third kappa shape index (κ3) is 2.84. The first kappa shape index (κ1) is 16.3. The predicted molar refractivity (Wildman–Crippen MR) is 104 cm³/mol. The smallest absolute Gasteiger partial charge is 0.261 e. The number of carbonyl (C=O) groups excluding carboxylic acids is 2. The van der Waals surface area contributed by atoms with Crippen molar-refractivity contribution in [2.24, 2.45) is 0 Å². The van der Waals surface area contributed by atoms with E-state index in [0.717, 1.165) is 12.1 Å². The van der Waals surface area contributed by atoms with Gasteiger partial charge in [-0.3, -0.25) is 14.5 Å². The first-order valence-corrected chi connectivity index (χ1v) is 9.48. The number of carbonyl (C=O) groups is 2. The van der Waals surface area contributed by atoms with Crippen molar-refractivity contribution in [1.82, 2.24) is 14.8 Å². The minimum Gasteiger partial charge on any atom is -0.345 e. The average molecular weight is 359 g/mol. The van der Waals surface area contributed by atoms with Gasteiger partial charge in [0.2, 0.25) is 0 Å². The van der Waals surface area contributed by atoms with Gasteiger partial charge in [-0.2, -0.15) is 0 Å². The van der Waals surface area contributed by atoms with Gasteiger partial charge < -0.3 is 9.88 Å². The second-order valence-corrected chi connectivity index (χ2v) is 7.33. The van der Waals surface area contributed by atoms with Crippen molar-refractivity contribution < 1.29 is 9.59 Å². The monoisotopic (exact) mass is 359 g/mol. The van der Waals surface area contributed by atoms with Gasteiger partial charge in [-0.25, -0.2) is 0 Å². The summed E-state index contributed by atoms with van der Waals surface area (Å²) < 4.78 is 2.16. The van der Waals surface area contributed by atoms with Gasteiger partial charge >= 0.3 is 0 Å². The van der Waals surface area contributed by atoms with Crippen LogP contribution in [0.5, 0.6) is 0 Å². The molecule has 0 saturated heterocycles. The summed E-state index contributed by atoms with van der Waals surface area (Å²) in [5, 5.41) is 4.80. The molecule has 1 aromatic heterocycles. The van der Waals surface area contributed by atoms with Crippen molar-refractivity contribution in [3.8, 4) is 0 Å². The second-order valence-electron chi connectivity index (χ2n) is 7.33. The zero-order valence-electron chi connectivity index (χ0n) is 15.0. The predicted octanol–water partition coefficient (Wildman–Crippen LogP) is 3.19. The molecule has 1 aliphatic carbocycles. The lowest BCUT2D eigenvalue weighted by Crippen LogP contribution is -2.32. The Balaban J connectivity index is 1.37. The molecular formula is C22H21N3O2. The molecule has 3 aromatic rings. The van der Waals surface area contributed by atoms with Crippen LogP contribution in [0.15, 0.2) is 54.7 Å². The SMILES string of the molecule is O=C1c2ccccc2C(=O)N1CCn1cc(CNC2CC2)c2ccccc21. The standard InChI is InChI=1S/C22H21N3O2/c26-21-18-6-1-2-7-19(18)22(27)25(21)12-11-24-14-15(13-23-16-9-10-16)17-5-3-4-8-20(17)24/h1-8,14,16,23H,9-13H2. The third-order valence-electron chi connectivity index (χ3n) is 5.47. The number of hydrogen-bond donors (Lipinski definition) is 1. The molecule has 0 spiro atoms. The molecule has 5 rings (SSSR count). The number of nitrogens with zero attached hydrogens (tertiary/aromatic N) is 2. The number of imide groups is 1. The minimum atomic E-state index is -0.192. The molecule has 5 heteroatoms. The van der Waals surface area contributed by atoms with E-state index in [1.54, 1.807) is 24.3 Å². The molecule has 0 radical (unpaired) electrons. The third-order valence-corrected chi connectivity index (χ3v) is 5.47. The Hall–Kier alpha value is -2.92. The summed E-state index contributed by atoms with van der Waals surface area (Å²) in [4.78, 5) is 26.5. The summed E-state index contributed by atoms with van der Waals surface area (Å²) in [5.41, 5.74) is 3.42. The summed E-state index contributed by atoms with van der Waals surface area (Å²) in [5.74, 6) is -0.384. The van der Waals surface area contributed by atoms with Crippen molar-refractivity contribution in [3.05, 3.63) is 71.4 Å². The first-order valence-electron chi connectivity index (χ1n) is 9.48. The summed E-state index contributed by atoms with van der Waals surface area (Å²) in [6.45, 7) is 1.82. The normalized spacial score (nSPS) is 16.4. The van der Waals surface area contributed by atoms with Crippen molar-refractivity contribution in [2.45, 2.75) is 32.0 Å². The lowest BCUT2D eigenvalue weighted by molar-refractivity contribution is 0.0649. The summed E-state index contributed by atoms with van der Waals surface area (Å²) in [6, 6.07) is 16.0. The van der Waals surface area contributed by atoms with E-state index in [1.165, 1.54) is 28.7 Å². The van der Waals surface area contributed by atoms with E-state index in [1.807, 2.05) is 6.07 Å². The maximum Gasteiger partial charge on any atom is 0.261 e. The second kappa shape index (κ2) is 6.35. The Labute approximate surface area is 157 Å². The summed E-state index contributed by atoms with van der Waals surface area (Å²) in [6.07, 6.45) is 4.68. The number of rotatable bonds is 6. The quantitative estimate of drug-likeness (QED) is 0.688. The number of nitrogens with one attached hydrogen (secondary N) is 1. The molecule has 2 amide bonds. The summed E-state index contributed by atoms with van der Waals surface area (Å²) in [7, 11) is 0. The maximum atomic E-state index is 12.6. The highest BCUT2D eigenvalue weighted by atomic mass is 16.2. The lowest BCUT2D eigenvalue weighted by atomic mass is 10.1. The molecule has 2 aliphatic rings. The number of para-hydroxylation sites is 1. The van der Waals surface area contributed by atoms with Crippen LogP contribution in [0.25, 0.3) is 10.9 Å². The number of benzene rings is 2. The Morgan fingerprint density at radius 1 is 0.889 bits per heavy atom. The van der Waals surface area contributed by atoms with Gasteiger partial charge in [-0.05, 0) is 36.6 Å². The Kier molecular flexibility index (Phi) is 3.83. The van der Waals surface area contributed by atoms with E-state index in [4.69, 9.17) is 0 Å². The Morgan fingerprint density at radius 3 is 2.26 bits per heavy atom. The fraction of sp³-hybridized carbons (Fsp3) is 0.273. The van der Waals surface area contributed by atoms with Gasteiger partial charge in [-0.15, -0.1) is 0 Å². The van der Waals surface area contributed by atoms with E-state index in [-0.39, 0.29) is 11.8 Å². The van der Waals surface area contributed by atoms with Crippen LogP contribution in [-0.2, 0) is 13.1 Å². The topological polar surface area (TPSA) is 54.3 Å². The van der Waals surface area contributed by atoms with Crippen LogP contribution in [0, 0.1) is 0 Å². The van der Waals surface area contributed by atoms with Crippen LogP contribution >= 0.6 is 0 Å². The van der Waals surface area contributed by atoms with Crippen LogP contribution in [0.3, 0.4) is 0 Å². The molecule has 0 bridgehead atoms. The molecule has 1 saturated carbocycles.